The monoisotopic (exact) mass is 410 g/mol. The maximum absolute atomic E-state index is 3.35. The first-order chi connectivity index (χ1) is 13.9. The number of hydrogen-bond donors (Lipinski definition) is 0. The van der Waals surface area contributed by atoms with Crippen LogP contribution in [0.4, 0.5) is 0 Å². The molecular formula is C27H22S2. The van der Waals surface area contributed by atoms with Gasteiger partial charge in [-0.25, -0.2) is 0 Å². The molecule has 0 radical (unpaired) electrons. The van der Waals surface area contributed by atoms with Gasteiger partial charge < -0.3 is 0 Å². The van der Waals surface area contributed by atoms with Gasteiger partial charge in [-0.2, -0.15) is 0 Å². The molecule has 5 rings (SSSR count). The number of rotatable bonds is 0. The largest absolute Gasteiger partial charge is 0.134 e. The van der Waals surface area contributed by atoms with E-state index in [2.05, 4.69) is 100 Å². The van der Waals surface area contributed by atoms with E-state index in [0.29, 0.717) is 0 Å². The Bertz CT molecular complexity index is 1430. The maximum atomic E-state index is 3.35. The minimum Gasteiger partial charge on any atom is -0.134 e. The first-order valence-corrected chi connectivity index (χ1v) is 11.5. The predicted octanol–water partition coefficient (Wildman–Crippen LogP) is 8.27. The molecule has 29 heavy (non-hydrogen) atoms. The molecule has 3 aromatic carbocycles. The summed E-state index contributed by atoms with van der Waals surface area (Å²) in [5.74, 6) is 6.68. The van der Waals surface area contributed by atoms with Gasteiger partial charge in [0.2, 0.25) is 0 Å². The summed E-state index contributed by atoms with van der Waals surface area (Å²) in [5, 5.41) is 2.73. The summed E-state index contributed by atoms with van der Waals surface area (Å²) in [4.78, 5) is 0. The highest BCUT2D eigenvalue weighted by Gasteiger charge is 2.13. The zero-order valence-electron chi connectivity index (χ0n) is 17.1. The first-order valence-electron chi connectivity index (χ1n) is 9.86. The normalized spacial score (nSPS) is 11.9. The van der Waals surface area contributed by atoms with Gasteiger partial charge in [-0.15, -0.1) is 22.7 Å². The minimum atomic E-state index is 0.173. The van der Waals surface area contributed by atoms with Gasteiger partial charge >= 0.3 is 0 Å². The molecule has 0 amide bonds. The van der Waals surface area contributed by atoms with Crippen LogP contribution in [0.2, 0.25) is 0 Å². The summed E-state index contributed by atoms with van der Waals surface area (Å²) in [6.07, 6.45) is 0. The lowest BCUT2D eigenvalue weighted by Crippen LogP contribution is -2.10. The molecule has 0 spiro atoms. The van der Waals surface area contributed by atoms with Crippen LogP contribution in [0.1, 0.15) is 43.0 Å². The SMILES string of the molecule is Cc1ccc2c(c1)sc1c3ccc(C#Cc4ccc(C(C)(C)C)cc4)cc3sc21. The van der Waals surface area contributed by atoms with Gasteiger partial charge in [-0.1, -0.05) is 62.9 Å². The van der Waals surface area contributed by atoms with E-state index in [0.717, 1.165) is 11.1 Å². The van der Waals surface area contributed by atoms with E-state index >= 15 is 0 Å². The van der Waals surface area contributed by atoms with E-state index in [1.165, 1.54) is 40.7 Å². The summed E-state index contributed by atoms with van der Waals surface area (Å²) < 4.78 is 5.52. The van der Waals surface area contributed by atoms with Gasteiger partial charge in [0.25, 0.3) is 0 Å². The van der Waals surface area contributed by atoms with Crippen molar-refractivity contribution in [2.24, 2.45) is 0 Å². The van der Waals surface area contributed by atoms with Gasteiger partial charge in [-0.3, -0.25) is 0 Å². The number of fused-ring (bicyclic) bond motifs is 5. The quantitative estimate of drug-likeness (QED) is 0.225. The summed E-state index contributed by atoms with van der Waals surface area (Å²) >= 11 is 3.79. The lowest BCUT2D eigenvalue weighted by molar-refractivity contribution is 0.590. The van der Waals surface area contributed by atoms with Crippen molar-refractivity contribution in [2.45, 2.75) is 33.1 Å². The lowest BCUT2D eigenvalue weighted by Gasteiger charge is -2.18. The van der Waals surface area contributed by atoms with Crippen molar-refractivity contribution < 1.29 is 0 Å². The van der Waals surface area contributed by atoms with Gasteiger partial charge in [0, 0.05) is 31.3 Å². The second-order valence-electron chi connectivity index (χ2n) is 8.65. The van der Waals surface area contributed by atoms with Crippen LogP contribution in [-0.4, -0.2) is 0 Å². The van der Waals surface area contributed by atoms with Crippen molar-refractivity contribution in [3.63, 3.8) is 0 Å². The molecule has 0 saturated carbocycles. The van der Waals surface area contributed by atoms with Crippen molar-refractivity contribution in [1.82, 2.24) is 0 Å². The van der Waals surface area contributed by atoms with Crippen LogP contribution < -0.4 is 0 Å². The Morgan fingerprint density at radius 2 is 1.21 bits per heavy atom. The fourth-order valence-corrected chi connectivity index (χ4v) is 6.43. The van der Waals surface area contributed by atoms with E-state index in [1.54, 1.807) is 0 Å². The first kappa shape index (κ1) is 18.4. The van der Waals surface area contributed by atoms with E-state index in [9.17, 15) is 0 Å². The Morgan fingerprint density at radius 1 is 0.655 bits per heavy atom. The van der Waals surface area contributed by atoms with Gasteiger partial charge in [0.1, 0.15) is 0 Å². The molecule has 0 bridgehead atoms. The average molecular weight is 411 g/mol. The molecule has 0 saturated heterocycles. The third kappa shape index (κ3) is 3.35. The topological polar surface area (TPSA) is 0 Å². The van der Waals surface area contributed by atoms with Crippen LogP contribution in [-0.2, 0) is 5.41 Å². The summed E-state index contributed by atoms with van der Waals surface area (Å²) in [6.45, 7) is 8.87. The van der Waals surface area contributed by atoms with E-state index in [-0.39, 0.29) is 5.41 Å². The molecule has 5 aromatic rings. The third-order valence-corrected chi connectivity index (χ3v) is 7.84. The summed E-state index contributed by atoms with van der Waals surface area (Å²) in [7, 11) is 0. The van der Waals surface area contributed by atoms with Crippen LogP contribution in [0.15, 0.2) is 60.7 Å². The number of aryl methyl sites for hydroxylation is 1. The van der Waals surface area contributed by atoms with Crippen LogP contribution in [0.25, 0.3) is 29.6 Å². The predicted molar refractivity (Wildman–Crippen MR) is 131 cm³/mol. The van der Waals surface area contributed by atoms with E-state index in [4.69, 9.17) is 0 Å². The second-order valence-corrected chi connectivity index (χ2v) is 10.8. The Morgan fingerprint density at radius 3 is 1.86 bits per heavy atom. The molecule has 0 unspecified atom stereocenters. The van der Waals surface area contributed by atoms with Crippen molar-refractivity contribution in [3.05, 3.63) is 82.9 Å². The fourth-order valence-electron chi connectivity index (χ4n) is 3.64. The zero-order chi connectivity index (χ0) is 20.2. The molecule has 0 aliphatic heterocycles. The number of thiophene rings is 2. The lowest BCUT2D eigenvalue weighted by atomic mass is 9.87. The summed E-state index contributed by atoms with van der Waals surface area (Å²) in [5.41, 5.74) is 4.97. The van der Waals surface area contributed by atoms with Crippen molar-refractivity contribution in [2.75, 3.05) is 0 Å². The van der Waals surface area contributed by atoms with Crippen molar-refractivity contribution in [1.29, 1.82) is 0 Å². The van der Waals surface area contributed by atoms with Gasteiger partial charge in [0.15, 0.2) is 0 Å². The van der Waals surface area contributed by atoms with E-state index in [1.807, 2.05) is 22.7 Å². The van der Waals surface area contributed by atoms with Crippen LogP contribution in [0.5, 0.6) is 0 Å². The Hall–Kier alpha value is -2.60. The van der Waals surface area contributed by atoms with Crippen molar-refractivity contribution in [3.8, 4) is 11.8 Å². The smallest absolute Gasteiger partial charge is 0.0542 e. The molecule has 0 atom stereocenters. The summed E-state index contributed by atoms with van der Waals surface area (Å²) in [6, 6.07) is 22.0. The molecular weight excluding hydrogens is 388 g/mol. The van der Waals surface area contributed by atoms with Gasteiger partial charge in [-0.05, 0) is 53.8 Å². The Kier molecular flexibility index (Phi) is 4.28. The molecule has 0 nitrogen and oxygen atoms in total. The molecule has 0 fully saturated rings. The van der Waals surface area contributed by atoms with Gasteiger partial charge in [0.05, 0.1) is 9.40 Å². The molecule has 0 aliphatic rings. The molecule has 2 heteroatoms. The molecule has 2 heterocycles. The standard InChI is InChI=1S/C27H22S2/c1-17-5-13-21-23(15-17)28-26-22-14-10-19(16-24(22)29-25(21)26)7-6-18-8-11-20(12-9-18)27(2,3)4/h5,8-16H,1-4H3. The second kappa shape index (κ2) is 6.73. The van der Waals surface area contributed by atoms with Crippen LogP contribution in [0.3, 0.4) is 0 Å². The Labute approximate surface area is 179 Å². The number of benzene rings is 3. The van der Waals surface area contributed by atoms with Crippen LogP contribution >= 0.6 is 22.7 Å². The number of hydrogen-bond acceptors (Lipinski definition) is 2. The fraction of sp³-hybridized carbons (Fsp3) is 0.185. The average Bonchev–Trinajstić information content (AvgIpc) is 3.20. The highest BCUT2D eigenvalue weighted by Crippen LogP contribution is 2.44. The zero-order valence-corrected chi connectivity index (χ0v) is 18.7. The molecule has 0 N–H and O–H groups in total. The van der Waals surface area contributed by atoms with Crippen LogP contribution in [0, 0.1) is 18.8 Å². The molecule has 0 aliphatic carbocycles. The molecule has 142 valence electrons. The highest BCUT2D eigenvalue weighted by molar-refractivity contribution is 7.36. The van der Waals surface area contributed by atoms with E-state index < -0.39 is 0 Å². The Balaban J connectivity index is 1.52. The van der Waals surface area contributed by atoms with Crippen molar-refractivity contribution >= 4 is 52.2 Å². The minimum absolute atomic E-state index is 0.173. The third-order valence-electron chi connectivity index (χ3n) is 5.34. The molecule has 2 aromatic heterocycles. The highest BCUT2D eigenvalue weighted by atomic mass is 32.1. The maximum Gasteiger partial charge on any atom is 0.0542 e.